The number of carbonyl (C=O) groups is 3. The fraction of sp³-hybridized carbons (Fsp3) is 0.625. The number of nitrogens with one attached hydrogen (secondary N) is 1. The Morgan fingerprint density at radius 1 is 1.26 bits per heavy atom. The minimum Gasteiger partial charge on any atom is -0.460 e. The van der Waals surface area contributed by atoms with Gasteiger partial charge in [-0.15, -0.1) is 0 Å². The van der Waals surface area contributed by atoms with E-state index in [-0.39, 0.29) is 37.2 Å². The first kappa shape index (κ1) is 25.9. The van der Waals surface area contributed by atoms with E-state index in [2.05, 4.69) is 5.32 Å². The number of piperazine rings is 1. The van der Waals surface area contributed by atoms with Crippen LogP contribution in [0.4, 0.5) is 19.3 Å². The number of anilines is 1. The summed E-state index contributed by atoms with van der Waals surface area (Å²) in [5.74, 6) is -2.77. The van der Waals surface area contributed by atoms with Crippen LogP contribution in [-0.2, 0) is 19.1 Å². The van der Waals surface area contributed by atoms with Gasteiger partial charge in [0.25, 0.3) is 0 Å². The van der Waals surface area contributed by atoms with Gasteiger partial charge in [0.1, 0.15) is 29.0 Å². The van der Waals surface area contributed by atoms with Crippen molar-refractivity contribution in [2.45, 2.75) is 71.2 Å². The lowest BCUT2D eigenvalue weighted by Gasteiger charge is -2.48. The molecule has 0 unspecified atom stereocenters. The van der Waals surface area contributed by atoms with Crippen molar-refractivity contribution in [1.29, 1.82) is 0 Å². The summed E-state index contributed by atoms with van der Waals surface area (Å²) in [6.07, 6.45) is -0.846. The van der Waals surface area contributed by atoms with Gasteiger partial charge in [0.05, 0.1) is 18.5 Å². The van der Waals surface area contributed by atoms with E-state index < -0.39 is 46.9 Å². The number of esters is 1. The lowest BCUT2D eigenvalue weighted by atomic mass is 9.95. The molecule has 10 heteroatoms. The minimum atomic E-state index is -0.811. The molecule has 2 heterocycles. The lowest BCUT2D eigenvalue weighted by Crippen LogP contribution is -2.65. The summed E-state index contributed by atoms with van der Waals surface area (Å²) in [6, 6.07) is 2.83. The predicted molar refractivity (Wildman–Crippen MR) is 121 cm³/mol. The summed E-state index contributed by atoms with van der Waals surface area (Å²) >= 11 is 0. The molecular formula is C24H33F2N3O5. The van der Waals surface area contributed by atoms with Crippen LogP contribution in [0.25, 0.3) is 0 Å². The zero-order valence-corrected chi connectivity index (χ0v) is 20.5. The molecule has 2 saturated heterocycles. The van der Waals surface area contributed by atoms with Crippen LogP contribution in [0.5, 0.6) is 0 Å². The van der Waals surface area contributed by atoms with Crippen LogP contribution in [0.1, 0.15) is 48.0 Å². The fourth-order valence-electron chi connectivity index (χ4n) is 4.26. The molecule has 0 saturated carbocycles. The molecule has 2 amide bonds. The van der Waals surface area contributed by atoms with Gasteiger partial charge in [0.15, 0.2) is 0 Å². The number of nitrogens with zero attached hydrogens (tertiary/aromatic N) is 2. The van der Waals surface area contributed by atoms with Gasteiger partial charge in [-0.05, 0) is 53.2 Å². The van der Waals surface area contributed by atoms with Crippen LogP contribution in [0.15, 0.2) is 18.2 Å². The first-order valence-corrected chi connectivity index (χ1v) is 11.4. The van der Waals surface area contributed by atoms with Crippen molar-refractivity contribution in [3.63, 3.8) is 0 Å². The van der Waals surface area contributed by atoms with Crippen molar-refractivity contribution in [3.8, 4) is 0 Å². The molecule has 0 aromatic heterocycles. The van der Waals surface area contributed by atoms with Gasteiger partial charge in [0.2, 0.25) is 5.91 Å². The van der Waals surface area contributed by atoms with Crippen LogP contribution in [0.2, 0.25) is 0 Å². The summed E-state index contributed by atoms with van der Waals surface area (Å²) in [5, 5.41) is 2.79. The molecular weight excluding hydrogens is 448 g/mol. The van der Waals surface area contributed by atoms with E-state index in [1.165, 1.54) is 6.07 Å². The van der Waals surface area contributed by atoms with Crippen molar-refractivity contribution in [2.75, 3.05) is 24.5 Å². The van der Waals surface area contributed by atoms with Crippen LogP contribution in [0.3, 0.4) is 0 Å². The molecule has 3 atom stereocenters. The van der Waals surface area contributed by atoms with E-state index in [9.17, 15) is 23.2 Å². The molecule has 0 bridgehead atoms. The highest BCUT2D eigenvalue weighted by atomic mass is 19.1. The molecule has 8 nitrogen and oxygen atoms in total. The summed E-state index contributed by atoms with van der Waals surface area (Å²) in [4.78, 5) is 40.5. The lowest BCUT2D eigenvalue weighted by molar-refractivity contribution is -0.145. The normalized spacial score (nSPS) is 24.1. The van der Waals surface area contributed by atoms with Crippen molar-refractivity contribution in [2.24, 2.45) is 5.92 Å². The first-order chi connectivity index (χ1) is 15.7. The Morgan fingerprint density at radius 3 is 2.41 bits per heavy atom. The molecule has 1 N–H and O–H groups in total. The van der Waals surface area contributed by atoms with E-state index in [0.717, 1.165) is 17.0 Å². The Balaban J connectivity index is 1.81. The van der Waals surface area contributed by atoms with E-state index in [1.807, 2.05) is 18.7 Å². The van der Waals surface area contributed by atoms with Crippen molar-refractivity contribution < 1.29 is 32.6 Å². The van der Waals surface area contributed by atoms with Gasteiger partial charge in [-0.25, -0.2) is 13.6 Å². The maximum Gasteiger partial charge on any atom is 0.408 e. The highest BCUT2D eigenvalue weighted by molar-refractivity contribution is 5.96. The molecule has 0 spiro atoms. The van der Waals surface area contributed by atoms with E-state index in [1.54, 1.807) is 27.7 Å². The molecule has 34 heavy (non-hydrogen) atoms. The second-order valence-electron chi connectivity index (χ2n) is 10.6. The van der Waals surface area contributed by atoms with Crippen LogP contribution < -0.4 is 10.2 Å². The molecule has 3 rings (SSSR count). The van der Waals surface area contributed by atoms with Crippen molar-refractivity contribution in [1.82, 2.24) is 10.2 Å². The molecule has 2 aliphatic heterocycles. The van der Waals surface area contributed by atoms with E-state index in [4.69, 9.17) is 9.47 Å². The second-order valence-corrected chi connectivity index (χ2v) is 10.6. The van der Waals surface area contributed by atoms with Crippen molar-refractivity contribution >= 4 is 23.7 Å². The molecule has 188 valence electrons. The third-order valence-corrected chi connectivity index (χ3v) is 6.06. The van der Waals surface area contributed by atoms with E-state index in [0.29, 0.717) is 6.42 Å². The zero-order valence-electron chi connectivity index (χ0n) is 20.5. The van der Waals surface area contributed by atoms with Gasteiger partial charge in [-0.2, -0.15) is 0 Å². The molecule has 2 aliphatic rings. The SMILES string of the molecule is C[C@@H]1C[C@@H]([C@H](CN2CC(=O)N(c3c(F)cccc3F)CC2(C)C)NC(=O)OC(C)(C)C)OC1=O. The highest BCUT2D eigenvalue weighted by Gasteiger charge is 2.44. The highest BCUT2D eigenvalue weighted by Crippen LogP contribution is 2.31. The summed E-state index contributed by atoms with van der Waals surface area (Å²) < 4.78 is 39.6. The largest absolute Gasteiger partial charge is 0.460 e. The van der Waals surface area contributed by atoms with Gasteiger partial charge in [0, 0.05) is 18.6 Å². The monoisotopic (exact) mass is 481 g/mol. The van der Waals surface area contributed by atoms with Gasteiger partial charge >= 0.3 is 12.1 Å². The molecule has 2 fully saturated rings. The number of carbonyl (C=O) groups excluding carboxylic acids is 3. The molecule has 0 aliphatic carbocycles. The summed E-state index contributed by atoms with van der Waals surface area (Å²) in [5.41, 5.74) is -1.80. The number of amides is 2. The van der Waals surface area contributed by atoms with Crippen molar-refractivity contribution in [3.05, 3.63) is 29.8 Å². The number of ether oxygens (including phenoxy) is 2. The third-order valence-electron chi connectivity index (χ3n) is 6.06. The number of hydrogen-bond acceptors (Lipinski definition) is 6. The number of cyclic esters (lactones) is 1. The second kappa shape index (κ2) is 9.48. The fourth-order valence-corrected chi connectivity index (χ4v) is 4.26. The van der Waals surface area contributed by atoms with Gasteiger partial charge in [-0.1, -0.05) is 13.0 Å². The topological polar surface area (TPSA) is 88.2 Å². The first-order valence-electron chi connectivity index (χ1n) is 11.4. The Labute approximate surface area is 198 Å². The maximum atomic E-state index is 14.4. The third kappa shape index (κ3) is 5.84. The zero-order chi connectivity index (χ0) is 25.4. The van der Waals surface area contributed by atoms with Gasteiger partial charge in [-0.3, -0.25) is 14.5 Å². The molecule has 1 aromatic carbocycles. The van der Waals surface area contributed by atoms with E-state index >= 15 is 0 Å². The Hall–Kier alpha value is -2.75. The summed E-state index contributed by atoms with van der Waals surface area (Å²) in [7, 11) is 0. The standard InChI is InChI=1S/C24H33F2N3O5/c1-14-10-18(33-21(14)31)17(27-22(32)34-23(2,3)4)11-28-12-19(30)29(13-24(28,5)6)20-15(25)8-7-9-16(20)26/h7-9,14,17-18H,10-13H2,1-6H3,(H,27,32)/t14-,17+,18+/m1/s1. The number of rotatable bonds is 5. The predicted octanol–water partition coefficient (Wildman–Crippen LogP) is 3.24. The molecule has 1 aromatic rings. The average molecular weight is 482 g/mol. The number of alkyl carbamates (subject to hydrolysis) is 1. The average Bonchev–Trinajstić information content (AvgIpc) is 3.01. The molecule has 0 radical (unpaired) electrons. The maximum absolute atomic E-state index is 14.4. The number of para-hydroxylation sites is 1. The van der Waals surface area contributed by atoms with Crippen LogP contribution in [0, 0.1) is 17.6 Å². The quantitative estimate of drug-likeness (QED) is 0.650. The number of halogens is 2. The summed E-state index contributed by atoms with van der Waals surface area (Å²) in [6.45, 7) is 10.7. The smallest absolute Gasteiger partial charge is 0.408 e. The minimum absolute atomic E-state index is 0.0314. The van der Waals surface area contributed by atoms with Gasteiger partial charge < -0.3 is 19.7 Å². The Bertz CT molecular complexity index is 942. The van der Waals surface area contributed by atoms with Crippen LogP contribution in [-0.4, -0.2) is 65.8 Å². The Kier molecular flexibility index (Phi) is 7.21. The Morgan fingerprint density at radius 2 is 1.88 bits per heavy atom. The number of benzene rings is 1. The number of hydrogen-bond donors (Lipinski definition) is 1. The van der Waals surface area contributed by atoms with Crippen LogP contribution >= 0.6 is 0 Å².